The number of hydrogen-bond donors (Lipinski definition) is 4. The minimum absolute atomic E-state index is 0.00177. The van der Waals surface area contributed by atoms with Gasteiger partial charge in [0.05, 0.1) is 5.39 Å². The van der Waals surface area contributed by atoms with E-state index in [1.807, 2.05) is 37.3 Å². The Morgan fingerprint density at radius 2 is 2.00 bits per heavy atom. The molecule has 3 aromatic rings. The van der Waals surface area contributed by atoms with Gasteiger partial charge in [0.1, 0.15) is 59.8 Å². The molecule has 156 valence electrons. The topological polar surface area (TPSA) is 165 Å². The number of hydrogen-bond acceptors (Lipinski definition) is 9. The highest BCUT2D eigenvalue weighted by atomic mass is 16.6. The molecule has 1 aliphatic rings. The molecule has 1 aromatic carbocycles. The van der Waals surface area contributed by atoms with Gasteiger partial charge in [-0.15, -0.1) is 0 Å². The van der Waals surface area contributed by atoms with Gasteiger partial charge in [0.25, 0.3) is 0 Å². The maximum absolute atomic E-state index is 11.1. The van der Waals surface area contributed by atoms with E-state index in [0.717, 1.165) is 5.56 Å². The molecule has 1 fully saturated rings. The van der Waals surface area contributed by atoms with Crippen LogP contribution >= 0.6 is 0 Å². The monoisotopic (exact) mass is 410 g/mol. The van der Waals surface area contributed by atoms with E-state index in [2.05, 4.69) is 9.97 Å². The maximum Gasteiger partial charge on any atom is 0.168 e. The number of aliphatic hydroxyl groups is 2. The molecule has 0 amide bonds. The van der Waals surface area contributed by atoms with E-state index in [1.54, 1.807) is 0 Å². The average Bonchev–Trinajstić information content (AvgIpc) is 3.12. The van der Waals surface area contributed by atoms with Crippen molar-refractivity contribution in [2.24, 2.45) is 0 Å². The number of nitriles is 1. The van der Waals surface area contributed by atoms with E-state index >= 15 is 0 Å². The Labute approximate surface area is 172 Å². The molecule has 0 spiro atoms. The zero-order valence-corrected chi connectivity index (χ0v) is 16.5. The predicted molar refractivity (Wildman–Crippen MR) is 108 cm³/mol. The largest absolute Gasteiger partial charge is 0.491 e. The lowest BCUT2D eigenvalue weighted by Gasteiger charge is -2.28. The lowest BCUT2D eigenvalue weighted by Crippen LogP contribution is -2.44. The summed E-state index contributed by atoms with van der Waals surface area (Å²) in [5.74, 6) is 0.703. The summed E-state index contributed by atoms with van der Waals surface area (Å²) >= 11 is 0. The summed E-state index contributed by atoms with van der Waals surface area (Å²) in [6.07, 6.45) is -2.03. The summed E-state index contributed by atoms with van der Waals surface area (Å²) in [4.78, 5) is 8.08. The van der Waals surface area contributed by atoms with Crippen molar-refractivity contribution in [3.63, 3.8) is 0 Å². The van der Waals surface area contributed by atoms with Gasteiger partial charge in [-0.2, -0.15) is 5.26 Å². The molecule has 0 radical (unpaired) electrons. The second-order valence-electron chi connectivity index (χ2n) is 7.52. The maximum atomic E-state index is 11.1. The van der Waals surface area contributed by atoms with Crippen LogP contribution in [-0.2, 0) is 4.74 Å². The smallest absolute Gasteiger partial charge is 0.168 e. The van der Waals surface area contributed by atoms with E-state index in [0.29, 0.717) is 5.75 Å². The van der Waals surface area contributed by atoms with E-state index in [9.17, 15) is 15.5 Å². The Bertz CT molecular complexity index is 1130. The van der Waals surface area contributed by atoms with Gasteiger partial charge >= 0.3 is 0 Å². The number of fused-ring (bicyclic) bond motifs is 1. The fraction of sp³-hybridized carbons (Fsp3) is 0.350. The quantitative estimate of drug-likeness (QED) is 0.488. The number of aliphatic hydroxyl groups excluding tert-OH is 1. The van der Waals surface area contributed by atoms with Crippen molar-refractivity contribution >= 4 is 22.7 Å². The van der Waals surface area contributed by atoms with Crippen LogP contribution in [0.25, 0.3) is 11.0 Å². The molecule has 4 rings (SSSR count). The first-order chi connectivity index (χ1) is 14.3. The van der Waals surface area contributed by atoms with Crippen LogP contribution < -0.4 is 16.2 Å². The summed E-state index contributed by atoms with van der Waals surface area (Å²) in [6.45, 7) is 3.39. The van der Waals surface area contributed by atoms with Crippen molar-refractivity contribution in [2.45, 2.75) is 37.9 Å². The van der Waals surface area contributed by atoms with Crippen LogP contribution in [0.3, 0.4) is 0 Å². The fourth-order valence-corrected chi connectivity index (χ4v) is 3.69. The minimum Gasteiger partial charge on any atom is -0.491 e. The molecule has 0 bridgehead atoms. The van der Waals surface area contributed by atoms with Crippen LogP contribution in [0.5, 0.6) is 5.75 Å². The third kappa shape index (κ3) is 3.00. The summed E-state index contributed by atoms with van der Waals surface area (Å²) < 4.78 is 13.0. The van der Waals surface area contributed by atoms with Crippen LogP contribution in [0.15, 0.2) is 30.6 Å². The molecule has 0 unspecified atom stereocenters. The Morgan fingerprint density at radius 3 is 2.67 bits per heavy atom. The second kappa shape index (κ2) is 7.14. The van der Waals surface area contributed by atoms with Crippen molar-refractivity contribution in [1.82, 2.24) is 14.5 Å². The van der Waals surface area contributed by atoms with E-state index in [1.165, 1.54) is 17.8 Å². The van der Waals surface area contributed by atoms with Gasteiger partial charge < -0.3 is 31.2 Å². The Balaban J connectivity index is 1.68. The number of nitrogen functional groups attached to an aromatic ring is 2. The van der Waals surface area contributed by atoms with E-state index in [4.69, 9.17) is 20.9 Å². The Hall–Kier alpha value is -3.39. The minimum atomic E-state index is -1.74. The summed E-state index contributed by atoms with van der Waals surface area (Å²) in [5, 5.41) is 31.6. The molecule has 10 heteroatoms. The molecule has 1 saturated heterocycles. The zero-order chi connectivity index (χ0) is 21.6. The van der Waals surface area contributed by atoms with Crippen LogP contribution in [-0.4, -0.2) is 49.2 Å². The van der Waals surface area contributed by atoms with Crippen LogP contribution in [0.2, 0.25) is 0 Å². The number of aryl methyl sites for hydroxylation is 1. The van der Waals surface area contributed by atoms with Crippen molar-refractivity contribution in [1.29, 1.82) is 5.26 Å². The highest BCUT2D eigenvalue weighted by Gasteiger charge is 2.54. The molecule has 6 N–H and O–H groups in total. The second-order valence-corrected chi connectivity index (χ2v) is 7.52. The number of aromatic nitrogens is 3. The van der Waals surface area contributed by atoms with Gasteiger partial charge in [-0.1, -0.05) is 17.7 Å². The van der Waals surface area contributed by atoms with Gasteiger partial charge in [-0.25, -0.2) is 9.97 Å². The Kier molecular flexibility index (Phi) is 4.74. The van der Waals surface area contributed by atoms with Crippen molar-refractivity contribution < 1.29 is 19.7 Å². The van der Waals surface area contributed by atoms with Gasteiger partial charge in [0.15, 0.2) is 11.9 Å². The van der Waals surface area contributed by atoms with Gasteiger partial charge in [0.2, 0.25) is 0 Å². The number of nitrogens with zero attached hydrogens (tertiary/aromatic N) is 4. The standard InChI is InChI=1S/C20H22N6O4/c1-10-3-5-11(6-4-10)29-8-13-15(27)20(2,28)19(30-13)26-17(23)12(7-21)14-16(22)24-9-25-18(14)26/h3-6,9,13,15,19,27-28H,8,23H2,1-2H3,(H2,22,24,25)/t13-,15-,19-,20-/m1/s1. The molecule has 1 aliphatic heterocycles. The highest BCUT2D eigenvalue weighted by molar-refractivity contribution is 5.96. The molecule has 2 aromatic heterocycles. The molecular weight excluding hydrogens is 388 g/mol. The number of nitrogens with two attached hydrogens (primary N) is 2. The molecule has 3 heterocycles. The van der Waals surface area contributed by atoms with Gasteiger partial charge in [-0.05, 0) is 26.0 Å². The van der Waals surface area contributed by atoms with Crippen molar-refractivity contribution in [3.05, 3.63) is 41.7 Å². The number of benzene rings is 1. The summed E-state index contributed by atoms with van der Waals surface area (Å²) in [6, 6.07) is 9.42. The molecule has 30 heavy (non-hydrogen) atoms. The average molecular weight is 410 g/mol. The third-order valence-corrected chi connectivity index (χ3v) is 5.39. The molecule has 0 aliphatic carbocycles. The molecular formula is C20H22N6O4. The molecule has 10 nitrogen and oxygen atoms in total. The summed E-state index contributed by atoms with van der Waals surface area (Å²) in [5.41, 5.74) is 11.8. The summed E-state index contributed by atoms with van der Waals surface area (Å²) in [7, 11) is 0. The van der Waals surface area contributed by atoms with Gasteiger partial charge in [-0.3, -0.25) is 4.57 Å². The van der Waals surface area contributed by atoms with Crippen molar-refractivity contribution in [2.75, 3.05) is 18.1 Å². The first-order valence-corrected chi connectivity index (χ1v) is 9.31. The lowest BCUT2D eigenvalue weighted by atomic mass is 9.96. The number of rotatable bonds is 4. The Morgan fingerprint density at radius 1 is 1.30 bits per heavy atom. The zero-order valence-electron chi connectivity index (χ0n) is 16.5. The van der Waals surface area contributed by atoms with Crippen LogP contribution in [0.1, 0.15) is 24.3 Å². The lowest BCUT2D eigenvalue weighted by molar-refractivity contribution is -0.0936. The highest BCUT2D eigenvalue weighted by Crippen LogP contribution is 2.43. The van der Waals surface area contributed by atoms with Crippen LogP contribution in [0.4, 0.5) is 11.6 Å². The SMILES string of the molecule is Cc1ccc(OC[C@H]2O[C@@H](n3c(N)c(C#N)c4c(N)ncnc43)[C@](C)(O)[C@@H]2O)cc1. The fourth-order valence-electron chi connectivity index (χ4n) is 3.69. The van der Waals surface area contributed by atoms with Gasteiger partial charge in [0, 0.05) is 0 Å². The number of ether oxygens (including phenoxy) is 2. The first kappa shape index (κ1) is 19.9. The normalized spacial score (nSPS) is 26.0. The van der Waals surface area contributed by atoms with Crippen molar-refractivity contribution in [3.8, 4) is 11.8 Å². The third-order valence-electron chi connectivity index (χ3n) is 5.39. The molecule has 4 atom stereocenters. The van der Waals surface area contributed by atoms with E-state index in [-0.39, 0.29) is 34.8 Å². The van der Waals surface area contributed by atoms with Crippen LogP contribution in [0, 0.1) is 18.3 Å². The molecule has 0 saturated carbocycles. The van der Waals surface area contributed by atoms with E-state index < -0.39 is 24.0 Å². The first-order valence-electron chi connectivity index (χ1n) is 9.31. The number of anilines is 2. The predicted octanol–water partition coefficient (Wildman–Crippen LogP) is 0.864.